The zero-order valence-corrected chi connectivity index (χ0v) is 18.6. The number of ether oxygens (including phenoxy) is 3. The minimum atomic E-state index is -3.59. The summed E-state index contributed by atoms with van der Waals surface area (Å²) in [6, 6.07) is 14.2. The molecule has 0 bridgehead atoms. The summed E-state index contributed by atoms with van der Waals surface area (Å²) in [5, 5.41) is 0. The summed E-state index contributed by atoms with van der Waals surface area (Å²) in [6.45, 7) is 5.20. The number of hydrogen-bond donors (Lipinski definition) is 0. The van der Waals surface area contributed by atoms with E-state index in [2.05, 4.69) is 0 Å². The van der Waals surface area contributed by atoms with E-state index < -0.39 is 33.7 Å². The third kappa shape index (κ3) is 4.76. The maximum Gasteiger partial charge on any atom is 0.303 e. The first kappa shape index (κ1) is 22.1. The summed E-state index contributed by atoms with van der Waals surface area (Å²) >= 11 is 0. The van der Waals surface area contributed by atoms with Crippen LogP contribution in [0.1, 0.15) is 37.9 Å². The van der Waals surface area contributed by atoms with Gasteiger partial charge in [0.25, 0.3) is 0 Å². The molecule has 0 spiro atoms. The SMILES string of the molecule is CC(=O)O[C@@H]1[C@@H](N(C)S(C)(=O)=O)c2cc(OCc3ccccc3)ccc2OC1(C)C. The third-order valence-electron chi connectivity index (χ3n) is 5.10. The van der Waals surface area contributed by atoms with E-state index in [0.717, 1.165) is 11.8 Å². The van der Waals surface area contributed by atoms with Crippen LogP contribution in [-0.2, 0) is 26.2 Å². The number of carbonyl (C=O) groups is 1. The van der Waals surface area contributed by atoms with Crippen LogP contribution in [0.25, 0.3) is 0 Å². The van der Waals surface area contributed by atoms with Gasteiger partial charge in [0.2, 0.25) is 10.0 Å². The molecule has 0 fully saturated rings. The van der Waals surface area contributed by atoms with Crippen LogP contribution in [0.4, 0.5) is 0 Å². The fourth-order valence-electron chi connectivity index (χ4n) is 3.54. The lowest BCUT2D eigenvalue weighted by Gasteiger charge is -2.46. The summed E-state index contributed by atoms with van der Waals surface area (Å²) in [5.74, 6) is 0.578. The van der Waals surface area contributed by atoms with Crippen LogP contribution < -0.4 is 9.47 Å². The molecular formula is C22H27NO6S. The van der Waals surface area contributed by atoms with Crippen LogP contribution in [0.5, 0.6) is 11.5 Å². The predicted octanol–water partition coefficient (Wildman–Crippen LogP) is 3.30. The van der Waals surface area contributed by atoms with Crippen molar-refractivity contribution in [3.05, 3.63) is 59.7 Å². The van der Waals surface area contributed by atoms with Crippen molar-refractivity contribution < 1.29 is 27.4 Å². The quantitative estimate of drug-likeness (QED) is 0.650. The maximum atomic E-state index is 12.4. The van der Waals surface area contributed by atoms with Gasteiger partial charge < -0.3 is 14.2 Å². The van der Waals surface area contributed by atoms with Gasteiger partial charge in [-0.15, -0.1) is 0 Å². The summed E-state index contributed by atoms with van der Waals surface area (Å²) in [6.07, 6.45) is 0.280. The highest BCUT2D eigenvalue weighted by Gasteiger charge is 2.49. The lowest BCUT2D eigenvalue weighted by atomic mass is 9.86. The Labute approximate surface area is 177 Å². The van der Waals surface area contributed by atoms with Gasteiger partial charge in [-0.05, 0) is 37.6 Å². The van der Waals surface area contributed by atoms with E-state index in [4.69, 9.17) is 14.2 Å². The normalized spacial score (nSPS) is 20.2. The minimum absolute atomic E-state index is 0.367. The first-order valence-corrected chi connectivity index (χ1v) is 11.4. The van der Waals surface area contributed by atoms with E-state index in [1.807, 2.05) is 30.3 Å². The van der Waals surface area contributed by atoms with Gasteiger partial charge in [-0.2, -0.15) is 4.31 Å². The molecule has 0 radical (unpaired) electrons. The molecule has 3 rings (SSSR count). The molecule has 8 heteroatoms. The lowest BCUT2D eigenvalue weighted by Crippen LogP contribution is -2.55. The number of benzene rings is 2. The number of fused-ring (bicyclic) bond motifs is 1. The first-order chi connectivity index (χ1) is 14.0. The van der Waals surface area contributed by atoms with Crippen molar-refractivity contribution >= 4 is 16.0 Å². The van der Waals surface area contributed by atoms with Crippen LogP contribution in [0.2, 0.25) is 0 Å². The Morgan fingerprint density at radius 1 is 1.17 bits per heavy atom. The fourth-order valence-corrected chi connectivity index (χ4v) is 4.18. The van der Waals surface area contributed by atoms with Gasteiger partial charge in [0.1, 0.15) is 23.7 Å². The molecule has 0 aromatic heterocycles. The maximum absolute atomic E-state index is 12.4. The number of likely N-dealkylation sites (N-methyl/N-ethyl adjacent to an activating group) is 1. The van der Waals surface area contributed by atoms with Crippen molar-refractivity contribution in [2.24, 2.45) is 0 Å². The average Bonchev–Trinajstić information content (AvgIpc) is 2.66. The fraction of sp³-hybridized carbons (Fsp3) is 0.409. The number of nitrogens with zero attached hydrogens (tertiary/aromatic N) is 1. The summed E-state index contributed by atoms with van der Waals surface area (Å²) in [4.78, 5) is 11.8. The van der Waals surface area contributed by atoms with Gasteiger partial charge in [-0.3, -0.25) is 4.79 Å². The molecule has 0 unspecified atom stereocenters. The monoisotopic (exact) mass is 433 g/mol. The number of sulfonamides is 1. The molecule has 0 aliphatic carbocycles. The van der Waals surface area contributed by atoms with E-state index in [9.17, 15) is 13.2 Å². The highest BCUT2D eigenvalue weighted by atomic mass is 32.2. The van der Waals surface area contributed by atoms with Crippen molar-refractivity contribution in [1.82, 2.24) is 4.31 Å². The zero-order valence-electron chi connectivity index (χ0n) is 17.8. The van der Waals surface area contributed by atoms with E-state index >= 15 is 0 Å². The smallest absolute Gasteiger partial charge is 0.303 e. The van der Waals surface area contributed by atoms with E-state index in [1.165, 1.54) is 18.3 Å². The van der Waals surface area contributed by atoms with E-state index in [1.54, 1.807) is 32.0 Å². The van der Waals surface area contributed by atoms with Crippen LogP contribution in [0.3, 0.4) is 0 Å². The molecular weight excluding hydrogens is 406 g/mol. The molecule has 2 aromatic carbocycles. The van der Waals surface area contributed by atoms with Crippen molar-refractivity contribution in [3.63, 3.8) is 0 Å². The van der Waals surface area contributed by atoms with Gasteiger partial charge in [-0.25, -0.2) is 8.42 Å². The molecule has 30 heavy (non-hydrogen) atoms. The Hall–Kier alpha value is -2.58. The molecule has 2 aromatic rings. The molecule has 0 saturated carbocycles. The zero-order chi connectivity index (χ0) is 22.1. The Balaban J connectivity index is 2.01. The Morgan fingerprint density at radius 3 is 2.43 bits per heavy atom. The average molecular weight is 434 g/mol. The number of rotatable bonds is 6. The van der Waals surface area contributed by atoms with Crippen molar-refractivity contribution in [1.29, 1.82) is 0 Å². The van der Waals surface area contributed by atoms with Crippen LogP contribution in [0.15, 0.2) is 48.5 Å². The molecule has 162 valence electrons. The van der Waals surface area contributed by atoms with Gasteiger partial charge in [0.05, 0.1) is 12.3 Å². The Kier molecular flexibility index (Phi) is 6.10. The van der Waals surface area contributed by atoms with Crippen molar-refractivity contribution in [3.8, 4) is 11.5 Å². The second-order valence-corrected chi connectivity index (χ2v) is 9.98. The Morgan fingerprint density at radius 2 is 1.83 bits per heavy atom. The molecule has 2 atom stereocenters. The van der Waals surface area contributed by atoms with Gasteiger partial charge in [0, 0.05) is 19.5 Å². The Bertz CT molecular complexity index is 1020. The number of carbonyl (C=O) groups excluding carboxylic acids is 1. The van der Waals surface area contributed by atoms with Crippen molar-refractivity contribution in [2.45, 2.75) is 45.1 Å². The second-order valence-electron chi connectivity index (χ2n) is 7.93. The molecule has 1 aliphatic rings. The molecule has 0 N–H and O–H groups in total. The van der Waals surface area contributed by atoms with Crippen LogP contribution in [-0.4, -0.2) is 43.7 Å². The largest absolute Gasteiger partial charge is 0.489 e. The minimum Gasteiger partial charge on any atom is -0.489 e. The summed E-state index contributed by atoms with van der Waals surface area (Å²) in [5.41, 5.74) is 0.656. The molecule has 1 aliphatic heterocycles. The number of esters is 1. The highest BCUT2D eigenvalue weighted by Crippen LogP contribution is 2.46. The molecule has 0 saturated heterocycles. The first-order valence-electron chi connectivity index (χ1n) is 9.59. The van der Waals surface area contributed by atoms with Gasteiger partial charge >= 0.3 is 5.97 Å². The van der Waals surface area contributed by atoms with Gasteiger partial charge in [-0.1, -0.05) is 30.3 Å². The second kappa shape index (κ2) is 8.28. The van der Waals surface area contributed by atoms with Crippen molar-refractivity contribution in [2.75, 3.05) is 13.3 Å². The lowest BCUT2D eigenvalue weighted by molar-refractivity contribution is -0.165. The van der Waals surface area contributed by atoms with Crippen LogP contribution in [0, 0.1) is 0 Å². The highest BCUT2D eigenvalue weighted by molar-refractivity contribution is 7.88. The van der Waals surface area contributed by atoms with E-state index in [-0.39, 0.29) is 0 Å². The van der Waals surface area contributed by atoms with Gasteiger partial charge in [0.15, 0.2) is 6.10 Å². The van der Waals surface area contributed by atoms with Crippen LogP contribution >= 0.6 is 0 Å². The number of hydrogen-bond acceptors (Lipinski definition) is 6. The topological polar surface area (TPSA) is 82.1 Å². The summed E-state index contributed by atoms with van der Waals surface area (Å²) in [7, 11) is -2.12. The molecule has 7 nitrogen and oxygen atoms in total. The third-order valence-corrected chi connectivity index (χ3v) is 6.37. The summed E-state index contributed by atoms with van der Waals surface area (Å²) < 4.78 is 43.5. The van der Waals surface area contributed by atoms with E-state index in [0.29, 0.717) is 23.7 Å². The standard InChI is InChI=1S/C22H27NO6S/c1-15(24)28-21-20(23(4)30(5,25)26)18-13-17(11-12-19(18)29-22(21,2)3)27-14-16-9-7-6-8-10-16/h6-13,20-21H,14H2,1-5H3/t20-,21+/m0/s1. The molecule has 0 amide bonds. The molecule has 1 heterocycles. The predicted molar refractivity (Wildman–Crippen MR) is 113 cm³/mol.